The Bertz CT molecular complexity index is 293. The van der Waals surface area contributed by atoms with Gasteiger partial charge < -0.3 is 4.74 Å². The maximum atomic E-state index is 11.0. The van der Waals surface area contributed by atoms with E-state index < -0.39 is 5.97 Å². The summed E-state index contributed by atoms with van der Waals surface area (Å²) in [7, 11) is 1.33. The average Bonchev–Trinajstić information content (AvgIpc) is 2.18. The Labute approximate surface area is 89.1 Å². The smallest absolute Gasteiger partial charge is 0.338 e. The second-order valence-corrected chi connectivity index (χ2v) is 2.70. The molecule has 14 heavy (non-hydrogen) atoms. The fourth-order valence-corrected chi connectivity index (χ4v) is 1.11. The molecule has 0 aromatic carbocycles. The van der Waals surface area contributed by atoms with Crippen LogP contribution in [-0.2, 0) is 4.74 Å². The molecule has 0 amide bonds. The number of aromatic nitrogens is 1. The van der Waals surface area contributed by atoms with Gasteiger partial charge in [0.2, 0.25) is 0 Å². The number of methoxy groups -OCH3 is 1. The van der Waals surface area contributed by atoms with Gasteiger partial charge in [-0.05, 0) is 19.1 Å². The summed E-state index contributed by atoms with van der Waals surface area (Å²) in [6.45, 7) is 5.76. The standard InChI is InChI=1S/C8H8ClNO2.C2H6/c1-5-3-6(8(11)12-2)4-7(9)10-5;1-2/h3-4H,1-2H3;1-2H3. The predicted octanol–water partition coefficient (Wildman–Crippen LogP) is 2.86. The molecular weight excluding hydrogens is 202 g/mol. The molecule has 0 atom stereocenters. The first kappa shape index (κ1) is 12.9. The van der Waals surface area contributed by atoms with Crippen molar-refractivity contribution in [3.05, 3.63) is 28.5 Å². The van der Waals surface area contributed by atoms with Crippen molar-refractivity contribution in [1.82, 2.24) is 4.98 Å². The van der Waals surface area contributed by atoms with Crippen molar-refractivity contribution in [2.45, 2.75) is 20.8 Å². The maximum Gasteiger partial charge on any atom is 0.338 e. The molecule has 1 heterocycles. The molecule has 0 radical (unpaired) electrons. The van der Waals surface area contributed by atoms with E-state index in [1.807, 2.05) is 13.8 Å². The van der Waals surface area contributed by atoms with Gasteiger partial charge in [0.1, 0.15) is 5.15 Å². The molecule has 1 rings (SSSR count). The second-order valence-electron chi connectivity index (χ2n) is 2.31. The summed E-state index contributed by atoms with van der Waals surface area (Å²) >= 11 is 5.63. The van der Waals surface area contributed by atoms with Crippen molar-refractivity contribution < 1.29 is 9.53 Å². The van der Waals surface area contributed by atoms with Crippen LogP contribution in [-0.4, -0.2) is 18.1 Å². The third kappa shape index (κ3) is 3.75. The number of rotatable bonds is 1. The first-order valence-corrected chi connectivity index (χ1v) is 4.74. The molecule has 0 spiro atoms. The minimum absolute atomic E-state index is 0.301. The highest BCUT2D eigenvalue weighted by atomic mass is 35.5. The van der Waals surface area contributed by atoms with Gasteiger partial charge in [0, 0.05) is 5.69 Å². The summed E-state index contributed by atoms with van der Waals surface area (Å²) in [5, 5.41) is 0.301. The highest BCUT2D eigenvalue weighted by Gasteiger charge is 2.06. The van der Waals surface area contributed by atoms with Crippen molar-refractivity contribution in [2.24, 2.45) is 0 Å². The van der Waals surface area contributed by atoms with Gasteiger partial charge in [0.15, 0.2) is 0 Å². The average molecular weight is 216 g/mol. The zero-order valence-corrected chi connectivity index (χ0v) is 9.55. The topological polar surface area (TPSA) is 39.2 Å². The zero-order chi connectivity index (χ0) is 11.1. The molecule has 0 N–H and O–H groups in total. The summed E-state index contributed by atoms with van der Waals surface area (Å²) in [6, 6.07) is 3.10. The number of ether oxygens (including phenoxy) is 1. The van der Waals surface area contributed by atoms with E-state index in [0.717, 1.165) is 0 Å². The monoisotopic (exact) mass is 215 g/mol. The Hall–Kier alpha value is -1.09. The molecule has 78 valence electrons. The van der Waals surface area contributed by atoms with Crippen LogP contribution in [0, 0.1) is 6.92 Å². The Morgan fingerprint density at radius 2 is 2.00 bits per heavy atom. The van der Waals surface area contributed by atoms with Crippen molar-refractivity contribution in [1.29, 1.82) is 0 Å². The molecule has 0 unspecified atom stereocenters. The van der Waals surface area contributed by atoms with Gasteiger partial charge in [-0.25, -0.2) is 9.78 Å². The Kier molecular flexibility index (Phi) is 5.88. The number of pyridine rings is 1. The van der Waals surface area contributed by atoms with Crippen LogP contribution in [0.2, 0.25) is 5.15 Å². The van der Waals surface area contributed by atoms with Gasteiger partial charge in [-0.1, -0.05) is 25.4 Å². The lowest BCUT2D eigenvalue weighted by Gasteiger charge is -2.00. The van der Waals surface area contributed by atoms with Crippen molar-refractivity contribution >= 4 is 17.6 Å². The third-order valence-corrected chi connectivity index (χ3v) is 1.54. The fourth-order valence-electron chi connectivity index (χ4n) is 0.864. The number of hydrogen-bond acceptors (Lipinski definition) is 3. The van der Waals surface area contributed by atoms with E-state index in [0.29, 0.717) is 16.4 Å². The van der Waals surface area contributed by atoms with Crippen LogP contribution in [0.3, 0.4) is 0 Å². The van der Waals surface area contributed by atoms with Gasteiger partial charge in [-0.15, -0.1) is 0 Å². The van der Waals surface area contributed by atoms with Crippen LogP contribution >= 0.6 is 11.6 Å². The lowest BCUT2D eigenvalue weighted by atomic mass is 10.2. The van der Waals surface area contributed by atoms with Crippen LogP contribution in [0.25, 0.3) is 0 Å². The Morgan fingerprint density at radius 3 is 2.43 bits per heavy atom. The van der Waals surface area contributed by atoms with Crippen LogP contribution in [0.4, 0.5) is 0 Å². The van der Waals surface area contributed by atoms with Crippen LogP contribution in [0.15, 0.2) is 12.1 Å². The van der Waals surface area contributed by atoms with Gasteiger partial charge in [-0.3, -0.25) is 0 Å². The predicted molar refractivity (Wildman–Crippen MR) is 56.7 cm³/mol. The molecule has 0 bridgehead atoms. The summed E-state index contributed by atoms with van der Waals surface area (Å²) in [4.78, 5) is 14.9. The van der Waals surface area contributed by atoms with E-state index in [1.54, 1.807) is 13.0 Å². The summed E-state index contributed by atoms with van der Waals surface area (Å²) in [6.07, 6.45) is 0. The molecule has 0 aliphatic heterocycles. The molecule has 0 aliphatic rings. The Morgan fingerprint density at radius 1 is 1.43 bits per heavy atom. The molecule has 4 heteroatoms. The number of aryl methyl sites for hydroxylation is 1. The molecule has 0 fully saturated rings. The van der Waals surface area contributed by atoms with Gasteiger partial charge in [0.05, 0.1) is 12.7 Å². The lowest BCUT2D eigenvalue weighted by molar-refractivity contribution is 0.0600. The van der Waals surface area contributed by atoms with Crippen LogP contribution in [0.5, 0.6) is 0 Å². The first-order valence-electron chi connectivity index (χ1n) is 4.36. The van der Waals surface area contributed by atoms with Crippen LogP contribution < -0.4 is 0 Å². The minimum Gasteiger partial charge on any atom is -0.465 e. The minimum atomic E-state index is -0.401. The number of esters is 1. The number of nitrogens with zero attached hydrogens (tertiary/aromatic N) is 1. The van der Waals surface area contributed by atoms with E-state index in [2.05, 4.69) is 9.72 Å². The van der Waals surface area contributed by atoms with E-state index in [-0.39, 0.29) is 0 Å². The van der Waals surface area contributed by atoms with Crippen molar-refractivity contribution in [2.75, 3.05) is 7.11 Å². The van der Waals surface area contributed by atoms with E-state index >= 15 is 0 Å². The van der Waals surface area contributed by atoms with E-state index in [1.165, 1.54) is 13.2 Å². The summed E-state index contributed by atoms with van der Waals surface area (Å²) in [5.41, 5.74) is 1.12. The highest BCUT2D eigenvalue weighted by Crippen LogP contribution is 2.10. The summed E-state index contributed by atoms with van der Waals surface area (Å²) < 4.78 is 4.52. The molecule has 0 saturated carbocycles. The SMILES string of the molecule is CC.COC(=O)c1cc(C)nc(Cl)c1. The van der Waals surface area contributed by atoms with Gasteiger partial charge in [-0.2, -0.15) is 0 Å². The van der Waals surface area contributed by atoms with E-state index in [4.69, 9.17) is 11.6 Å². The Balaban J connectivity index is 0.000000791. The lowest BCUT2D eigenvalue weighted by Crippen LogP contribution is -2.02. The highest BCUT2D eigenvalue weighted by molar-refractivity contribution is 6.29. The number of halogens is 1. The van der Waals surface area contributed by atoms with Crippen molar-refractivity contribution in [3.63, 3.8) is 0 Å². The normalized spacial score (nSPS) is 8.64. The number of carbonyl (C=O) groups excluding carboxylic acids is 1. The third-order valence-electron chi connectivity index (χ3n) is 1.34. The molecule has 0 aliphatic carbocycles. The first-order chi connectivity index (χ1) is 6.63. The van der Waals surface area contributed by atoms with Crippen molar-refractivity contribution in [3.8, 4) is 0 Å². The number of carbonyl (C=O) groups is 1. The summed E-state index contributed by atoms with van der Waals surface area (Å²) in [5.74, 6) is -0.401. The molecule has 1 aromatic rings. The fraction of sp³-hybridized carbons (Fsp3) is 0.400. The second kappa shape index (κ2) is 6.38. The molecule has 1 aromatic heterocycles. The number of hydrogen-bond donors (Lipinski definition) is 0. The molecule has 3 nitrogen and oxygen atoms in total. The quantitative estimate of drug-likeness (QED) is 0.534. The van der Waals surface area contributed by atoms with Crippen LogP contribution in [0.1, 0.15) is 29.9 Å². The maximum absolute atomic E-state index is 11.0. The van der Waals surface area contributed by atoms with E-state index in [9.17, 15) is 4.79 Å². The van der Waals surface area contributed by atoms with Gasteiger partial charge in [0.25, 0.3) is 0 Å². The largest absolute Gasteiger partial charge is 0.465 e. The molecular formula is C10H14ClNO2. The zero-order valence-electron chi connectivity index (χ0n) is 8.80. The van der Waals surface area contributed by atoms with Gasteiger partial charge >= 0.3 is 5.97 Å². The molecule has 0 saturated heterocycles.